The number of benzene rings is 2. The fourth-order valence-electron chi connectivity index (χ4n) is 6.06. The van der Waals surface area contributed by atoms with Crippen molar-refractivity contribution in [2.24, 2.45) is 5.41 Å². The van der Waals surface area contributed by atoms with Gasteiger partial charge in [0.1, 0.15) is 0 Å². The Morgan fingerprint density at radius 2 is 2.05 bits per heavy atom. The number of hydrogen-bond acceptors (Lipinski definition) is 7. The summed E-state index contributed by atoms with van der Waals surface area (Å²) in [5.74, 6) is 0. The number of fused-ring (bicyclic) bond motifs is 4. The van der Waals surface area contributed by atoms with Crippen molar-refractivity contribution in [2.75, 3.05) is 32.0 Å². The van der Waals surface area contributed by atoms with Crippen molar-refractivity contribution in [3.8, 4) is 23.2 Å². The summed E-state index contributed by atoms with van der Waals surface area (Å²) in [5, 5.41) is 12.1. The van der Waals surface area contributed by atoms with Crippen molar-refractivity contribution in [3.05, 3.63) is 58.0 Å². The number of likely N-dealkylation sites (tertiary alicyclic amines) is 1. The van der Waals surface area contributed by atoms with Gasteiger partial charge >= 0.3 is 196 Å². The first kappa shape index (κ1) is 25.9. The Hall–Kier alpha value is -2.99. The topological polar surface area (TPSA) is 97.3 Å². The molecule has 40 heavy (non-hydrogen) atoms. The van der Waals surface area contributed by atoms with Crippen molar-refractivity contribution in [1.82, 2.24) is 14.9 Å². The maximum absolute atomic E-state index is 12.9. The molecule has 0 atom stereocenters. The molecule has 2 aliphatic heterocycles. The van der Waals surface area contributed by atoms with Crippen LogP contribution in [0.25, 0.3) is 31.7 Å². The third-order valence-electron chi connectivity index (χ3n) is 8.48. The van der Waals surface area contributed by atoms with Crippen molar-refractivity contribution in [1.29, 1.82) is 5.26 Å². The molecule has 1 aliphatic carbocycles. The van der Waals surface area contributed by atoms with Crippen LogP contribution in [0.2, 0.25) is 5.02 Å². The van der Waals surface area contributed by atoms with E-state index in [0.717, 1.165) is 94.5 Å². The average Bonchev–Trinajstić information content (AvgIpc) is 3.40. The van der Waals surface area contributed by atoms with Crippen molar-refractivity contribution < 1.29 is 13.9 Å². The number of ether oxygens (including phenoxy) is 2. The van der Waals surface area contributed by atoms with Gasteiger partial charge in [-0.2, -0.15) is 0 Å². The molecule has 0 bridgehead atoms. The molecular formula is C30H27ClFN5O2Se. The summed E-state index contributed by atoms with van der Waals surface area (Å²) < 4.78 is 26.6. The molecule has 1 saturated carbocycles. The molecule has 2 aromatic heterocycles. The predicted molar refractivity (Wildman–Crippen MR) is 154 cm³/mol. The monoisotopic (exact) mass is 623 g/mol. The Morgan fingerprint density at radius 1 is 1.25 bits per heavy atom. The van der Waals surface area contributed by atoms with E-state index in [2.05, 4.69) is 16.0 Å². The summed E-state index contributed by atoms with van der Waals surface area (Å²) in [5.41, 5.74) is 12.1. The van der Waals surface area contributed by atoms with Gasteiger partial charge in [-0.25, -0.2) is 4.39 Å². The summed E-state index contributed by atoms with van der Waals surface area (Å²) in [4.78, 5) is 11.8. The SMILES string of the molecule is N#Cc1c(N)[se]c2cccc(-c3c4c(c5cnc(OCC6(CN7CCC(=CF)CC7)CC6)nc5c3Cl)COC4)c12. The van der Waals surface area contributed by atoms with E-state index in [1.807, 2.05) is 18.2 Å². The van der Waals surface area contributed by atoms with Crippen LogP contribution in [0.1, 0.15) is 42.4 Å². The number of nitrogen functional groups attached to an aromatic ring is 1. The third kappa shape index (κ3) is 4.39. The van der Waals surface area contributed by atoms with Crippen LogP contribution in [-0.2, 0) is 18.0 Å². The first-order chi connectivity index (χ1) is 19.5. The molecule has 7 nitrogen and oxygen atoms in total. The number of hydrogen-bond donors (Lipinski definition) is 1. The van der Waals surface area contributed by atoms with Crippen molar-refractivity contribution in [3.63, 3.8) is 0 Å². The van der Waals surface area contributed by atoms with Gasteiger partial charge in [-0.05, 0) is 18.4 Å². The van der Waals surface area contributed by atoms with Gasteiger partial charge in [0.15, 0.2) is 0 Å². The zero-order valence-corrected chi connectivity index (χ0v) is 24.3. The molecule has 7 rings (SSSR count). The van der Waals surface area contributed by atoms with Gasteiger partial charge in [0, 0.05) is 13.1 Å². The second kappa shape index (κ2) is 10.1. The van der Waals surface area contributed by atoms with E-state index in [9.17, 15) is 9.65 Å². The first-order valence-corrected chi connectivity index (χ1v) is 15.5. The van der Waals surface area contributed by atoms with Crippen LogP contribution < -0.4 is 10.5 Å². The third-order valence-corrected chi connectivity index (χ3v) is 10.9. The van der Waals surface area contributed by atoms with Crippen molar-refractivity contribution in [2.45, 2.75) is 38.9 Å². The van der Waals surface area contributed by atoms with Gasteiger partial charge in [-0.3, -0.25) is 0 Å². The molecule has 0 radical (unpaired) electrons. The standard InChI is InChI=1S/C30H27ClFN5O2Se/c31-26-25(18-2-1-3-23-24(18)19(11-33)28(34)40-23)22-14-38-13-21(22)20-12-35-29(36-27(20)26)39-16-30(6-7-30)15-37-8-4-17(10-32)5-9-37/h1-3,10,12H,4-9,13-16,34H2. The zero-order valence-electron chi connectivity index (χ0n) is 21.8. The zero-order chi connectivity index (χ0) is 27.4. The van der Waals surface area contributed by atoms with Crippen LogP contribution in [0.5, 0.6) is 6.01 Å². The summed E-state index contributed by atoms with van der Waals surface area (Å²) >= 11 is 7.06. The second-order valence-electron chi connectivity index (χ2n) is 11.0. The number of aromatic nitrogens is 2. The molecule has 204 valence electrons. The summed E-state index contributed by atoms with van der Waals surface area (Å²) in [6.07, 6.45) is 6.32. The van der Waals surface area contributed by atoms with E-state index in [1.54, 1.807) is 6.20 Å². The van der Waals surface area contributed by atoms with E-state index >= 15 is 0 Å². The van der Waals surface area contributed by atoms with Gasteiger partial charge < -0.3 is 4.90 Å². The molecule has 0 spiro atoms. The molecule has 4 heterocycles. The normalized spacial score (nSPS) is 18.2. The Morgan fingerprint density at radius 3 is 2.80 bits per heavy atom. The van der Waals surface area contributed by atoms with E-state index in [1.165, 1.54) is 0 Å². The average molecular weight is 623 g/mol. The van der Waals surface area contributed by atoms with Crippen molar-refractivity contribution >= 4 is 51.2 Å². The number of rotatable bonds is 6. The molecule has 2 fully saturated rings. The van der Waals surface area contributed by atoms with Gasteiger partial charge in [-0.1, -0.05) is 0 Å². The molecule has 3 aliphatic rings. The Bertz CT molecular complexity index is 1730. The number of nitrogens with zero attached hydrogens (tertiary/aromatic N) is 4. The van der Waals surface area contributed by atoms with E-state index < -0.39 is 0 Å². The van der Waals surface area contributed by atoms with Crippen LogP contribution in [0.15, 0.2) is 36.3 Å². The van der Waals surface area contributed by atoms with Crippen LogP contribution in [0.3, 0.4) is 0 Å². The fraction of sp³-hybridized carbons (Fsp3) is 0.367. The fourth-order valence-corrected chi connectivity index (χ4v) is 8.41. The molecule has 4 aromatic rings. The minimum absolute atomic E-state index is 0.0856. The van der Waals surface area contributed by atoms with Gasteiger partial charge in [-0.15, -0.1) is 0 Å². The maximum atomic E-state index is 12.9. The summed E-state index contributed by atoms with van der Waals surface area (Å²) in [6, 6.07) is 8.64. The van der Waals surface area contributed by atoms with Crippen LogP contribution >= 0.6 is 11.6 Å². The second-order valence-corrected chi connectivity index (χ2v) is 13.7. The number of nitrogens with two attached hydrogens (primary N) is 1. The Labute approximate surface area is 242 Å². The van der Waals surface area contributed by atoms with Crippen LogP contribution in [0, 0.1) is 16.7 Å². The van der Waals surface area contributed by atoms with Gasteiger partial charge in [0.25, 0.3) is 0 Å². The van der Waals surface area contributed by atoms with Crippen LogP contribution in [0.4, 0.5) is 8.95 Å². The first-order valence-electron chi connectivity index (χ1n) is 13.4. The molecule has 0 unspecified atom stereocenters. The molecule has 1 saturated heterocycles. The molecular weight excluding hydrogens is 596 g/mol. The molecule has 0 amide bonds. The quantitative estimate of drug-likeness (QED) is 0.274. The summed E-state index contributed by atoms with van der Waals surface area (Å²) in [6.45, 7) is 4.11. The number of halogens is 2. The van der Waals surface area contributed by atoms with E-state index in [4.69, 9.17) is 31.8 Å². The van der Waals surface area contributed by atoms with E-state index in [0.29, 0.717) is 46.5 Å². The Balaban J connectivity index is 1.23. The van der Waals surface area contributed by atoms with Gasteiger partial charge in [0.05, 0.1) is 6.33 Å². The minimum atomic E-state index is -0.0955. The predicted octanol–water partition coefficient (Wildman–Crippen LogP) is 5.75. The molecule has 10 heteroatoms. The number of anilines is 1. The summed E-state index contributed by atoms with van der Waals surface area (Å²) in [7, 11) is 0. The van der Waals surface area contributed by atoms with E-state index in [-0.39, 0.29) is 19.9 Å². The number of piperidine rings is 1. The number of nitriles is 1. The van der Waals surface area contributed by atoms with Gasteiger partial charge in [0.2, 0.25) is 0 Å². The molecule has 2 aromatic carbocycles. The Kier molecular flexibility index (Phi) is 6.57. The molecule has 2 N–H and O–H groups in total. The van der Waals surface area contributed by atoms with Crippen LogP contribution in [-0.4, -0.2) is 55.6 Å².